The van der Waals surface area contributed by atoms with Gasteiger partial charge in [0, 0.05) is 44.4 Å². The summed E-state index contributed by atoms with van der Waals surface area (Å²) in [6, 6.07) is 30.7. The zero-order valence-corrected chi connectivity index (χ0v) is 18.4. The molecule has 4 aromatic carbocycles. The molecule has 3 heteroatoms. The second-order valence-electron chi connectivity index (χ2n) is 7.00. The summed E-state index contributed by atoms with van der Waals surface area (Å²) in [5, 5.41) is 6.97. The minimum atomic E-state index is 0. The summed E-state index contributed by atoms with van der Waals surface area (Å²) in [5.74, 6) is 0. The number of aromatic nitrogens is 2. The van der Waals surface area contributed by atoms with Crippen LogP contribution in [-0.4, -0.2) is 9.97 Å². The van der Waals surface area contributed by atoms with Crippen molar-refractivity contribution in [2.75, 3.05) is 0 Å². The van der Waals surface area contributed by atoms with Gasteiger partial charge in [-0.1, -0.05) is 66.2 Å². The van der Waals surface area contributed by atoms with Gasteiger partial charge >= 0.3 is 0 Å². The maximum Gasteiger partial charge on any atom is 0.0544 e. The third kappa shape index (κ3) is 3.04. The van der Waals surface area contributed by atoms with Gasteiger partial charge in [0.05, 0.1) is 5.52 Å². The molecule has 0 aliphatic heterocycles. The smallest absolute Gasteiger partial charge is 0.0544 e. The monoisotopic (exact) mass is 443 g/mol. The summed E-state index contributed by atoms with van der Waals surface area (Å²) in [7, 11) is 0. The molecule has 0 N–H and O–H groups in total. The van der Waals surface area contributed by atoms with Gasteiger partial charge in [-0.25, -0.2) is 11.1 Å². The molecule has 2 nitrogen and oxygen atoms in total. The van der Waals surface area contributed by atoms with Crippen LogP contribution in [0.1, 0.15) is 0 Å². The Bertz CT molecular complexity index is 1520. The van der Waals surface area contributed by atoms with Crippen molar-refractivity contribution in [3.8, 4) is 11.1 Å². The average Bonchev–Trinajstić information content (AvgIpc) is 2.76. The molecule has 133 valence electrons. The quantitative estimate of drug-likeness (QED) is 0.168. The van der Waals surface area contributed by atoms with Crippen LogP contribution >= 0.6 is 0 Å². The van der Waals surface area contributed by atoms with Gasteiger partial charge in [-0.2, -0.15) is 18.2 Å². The molecule has 0 saturated carbocycles. The fourth-order valence-corrected chi connectivity index (χ4v) is 3.94. The van der Waals surface area contributed by atoms with E-state index in [1.54, 1.807) is 6.20 Å². The van der Waals surface area contributed by atoms with Gasteiger partial charge in [-0.15, -0.1) is 16.8 Å². The van der Waals surface area contributed by atoms with Crippen molar-refractivity contribution in [3.05, 3.63) is 97.3 Å². The van der Waals surface area contributed by atoms with Crippen molar-refractivity contribution in [2.24, 2.45) is 0 Å². The molecule has 2 aromatic heterocycles. The largest absolute Gasteiger partial charge is 0.360 e. The van der Waals surface area contributed by atoms with E-state index in [1.807, 2.05) is 12.1 Å². The molecule has 1 radical (unpaired) electrons. The van der Waals surface area contributed by atoms with Crippen LogP contribution in [0, 0.1) is 12.3 Å². The SMILES string of the molecule is [Y].[c-]1nc2c(ccc3cccnc32)cc1-c1[c-]ccc2cc3ccccc3cc12. The second kappa shape index (κ2) is 7.29. The fraction of sp³-hybridized carbons (Fsp3) is 0. The Kier molecular flexibility index (Phi) is 4.62. The average molecular weight is 443 g/mol. The first-order valence-corrected chi connectivity index (χ1v) is 9.27. The Labute approximate surface area is 193 Å². The summed E-state index contributed by atoms with van der Waals surface area (Å²) in [6.07, 6.45) is 5.05. The summed E-state index contributed by atoms with van der Waals surface area (Å²) in [5.41, 5.74) is 3.77. The van der Waals surface area contributed by atoms with Gasteiger partial charge in [-0.05, 0) is 22.2 Å². The van der Waals surface area contributed by atoms with Crippen LogP contribution in [0.15, 0.2) is 85.1 Å². The van der Waals surface area contributed by atoms with Crippen molar-refractivity contribution in [2.45, 2.75) is 0 Å². The van der Waals surface area contributed by atoms with E-state index in [-0.39, 0.29) is 32.7 Å². The number of fused-ring (bicyclic) bond motifs is 5. The third-order valence-electron chi connectivity index (χ3n) is 5.31. The van der Waals surface area contributed by atoms with Crippen LogP contribution in [0.2, 0.25) is 0 Å². The fourth-order valence-electron chi connectivity index (χ4n) is 3.94. The van der Waals surface area contributed by atoms with Gasteiger partial charge in [0.15, 0.2) is 0 Å². The zero-order chi connectivity index (χ0) is 18.5. The van der Waals surface area contributed by atoms with E-state index in [1.165, 1.54) is 16.2 Å². The molecule has 29 heavy (non-hydrogen) atoms. The number of benzene rings is 4. The predicted molar refractivity (Wildman–Crippen MR) is 115 cm³/mol. The molecule has 0 aliphatic rings. The summed E-state index contributed by atoms with van der Waals surface area (Å²) < 4.78 is 0. The third-order valence-corrected chi connectivity index (χ3v) is 5.31. The minimum Gasteiger partial charge on any atom is -0.360 e. The minimum absolute atomic E-state index is 0. The predicted octanol–water partition coefficient (Wildman–Crippen LogP) is 6.35. The van der Waals surface area contributed by atoms with Crippen molar-refractivity contribution in [1.82, 2.24) is 9.97 Å². The van der Waals surface area contributed by atoms with Gasteiger partial charge in [0.1, 0.15) is 0 Å². The molecule has 0 fully saturated rings. The van der Waals surface area contributed by atoms with Crippen LogP contribution in [0.5, 0.6) is 0 Å². The molecule has 0 atom stereocenters. The summed E-state index contributed by atoms with van der Waals surface area (Å²) in [4.78, 5) is 9.15. The number of pyridine rings is 2. The van der Waals surface area contributed by atoms with E-state index in [9.17, 15) is 0 Å². The number of hydrogen-bond acceptors (Lipinski definition) is 2. The number of rotatable bonds is 1. The molecular formula is C26H14N2Y-2. The first-order valence-electron chi connectivity index (χ1n) is 9.27. The summed E-state index contributed by atoms with van der Waals surface area (Å²) >= 11 is 0. The summed E-state index contributed by atoms with van der Waals surface area (Å²) in [6.45, 7) is 0. The Hall–Kier alpha value is -2.68. The molecule has 0 amide bonds. The zero-order valence-electron chi connectivity index (χ0n) is 15.6. The van der Waals surface area contributed by atoms with E-state index in [0.717, 1.165) is 38.3 Å². The molecule has 0 unspecified atom stereocenters. The second-order valence-corrected chi connectivity index (χ2v) is 7.00. The maximum atomic E-state index is 4.65. The Balaban J connectivity index is 0.00000181. The van der Waals surface area contributed by atoms with Gasteiger partial charge in [-0.3, -0.25) is 4.98 Å². The Morgan fingerprint density at radius 1 is 0.655 bits per heavy atom. The van der Waals surface area contributed by atoms with Gasteiger partial charge in [0.25, 0.3) is 0 Å². The first kappa shape index (κ1) is 18.4. The van der Waals surface area contributed by atoms with E-state index < -0.39 is 0 Å². The molecular weight excluding hydrogens is 429 g/mol. The first-order chi connectivity index (χ1) is 13.9. The Morgan fingerprint density at radius 2 is 1.45 bits per heavy atom. The standard InChI is InChI=1S/C26H14N2.Y/c1-2-6-19-15-24-20(13-18(19)5-1)7-3-9-23(24)22-14-21-11-10-17-8-4-12-27-25(17)26(21)28-16-22;/h1-8,10-15H;/q-2;. The molecule has 0 bridgehead atoms. The molecule has 0 saturated heterocycles. The number of hydrogen-bond donors (Lipinski definition) is 0. The van der Waals surface area contributed by atoms with E-state index in [2.05, 4.69) is 89.0 Å². The van der Waals surface area contributed by atoms with Crippen LogP contribution in [0.4, 0.5) is 0 Å². The molecule has 6 rings (SSSR count). The van der Waals surface area contributed by atoms with Gasteiger partial charge in [0.2, 0.25) is 0 Å². The van der Waals surface area contributed by atoms with Gasteiger partial charge < -0.3 is 4.98 Å². The van der Waals surface area contributed by atoms with Crippen LogP contribution < -0.4 is 0 Å². The van der Waals surface area contributed by atoms with Crippen LogP contribution in [0.3, 0.4) is 0 Å². The van der Waals surface area contributed by atoms with E-state index >= 15 is 0 Å². The molecule has 0 aliphatic carbocycles. The van der Waals surface area contributed by atoms with Crippen molar-refractivity contribution < 1.29 is 32.7 Å². The maximum absolute atomic E-state index is 4.65. The van der Waals surface area contributed by atoms with E-state index in [0.29, 0.717) is 0 Å². The normalized spacial score (nSPS) is 11.2. The van der Waals surface area contributed by atoms with Crippen molar-refractivity contribution in [1.29, 1.82) is 0 Å². The molecule has 0 spiro atoms. The molecule has 2 heterocycles. The van der Waals surface area contributed by atoms with E-state index in [4.69, 9.17) is 0 Å². The number of nitrogens with zero attached hydrogens (tertiary/aromatic N) is 2. The Morgan fingerprint density at radius 3 is 2.34 bits per heavy atom. The van der Waals surface area contributed by atoms with Crippen LogP contribution in [0.25, 0.3) is 54.5 Å². The van der Waals surface area contributed by atoms with Crippen molar-refractivity contribution in [3.63, 3.8) is 0 Å². The topological polar surface area (TPSA) is 25.8 Å². The van der Waals surface area contributed by atoms with Crippen molar-refractivity contribution >= 4 is 43.4 Å². The molecule has 6 aromatic rings. The van der Waals surface area contributed by atoms with Crippen LogP contribution in [-0.2, 0) is 32.7 Å².